The number of rotatable bonds is 6. The number of carbonyl (C=O) groups is 1. The molecule has 0 aromatic rings. The highest BCUT2D eigenvalue weighted by atomic mass is 16.5. The number of carboxylic acid groups (broad SMARTS) is 1. The van der Waals surface area contributed by atoms with Gasteiger partial charge in [-0.15, -0.1) is 6.58 Å². The van der Waals surface area contributed by atoms with Crippen LogP contribution < -0.4 is 5.73 Å². The van der Waals surface area contributed by atoms with Gasteiger partial charge in [-0.2, -0.15) is 0 Å². The van der Waals surface area contributed by atoms with Gasteiger partial charge in [0.1, 0.15) is 6.04 Å². The van der Waals surface area contributed by atoms with E-state index in [2.05, 4.69) is 6.58 Å². The van der Waals surface area contributed by atoms with Crippen LogP contribution in [0.1, 0.15) is 6.42 Å². The zero-order chi connectivity index (χ0) is 8.69. The zero-order valence-corrected chi connectivity index (χ0v) is 6.32. The highest BCUT2D eigenvalue weighted by molar-refractivity contribution is 5.73. The quantitative estimate of drug-likeness (QED) is 0.422. The third-order valence-corrected chi connectivity index (χ3v) is 1.08. The number of aliphatic carboxylic acids is 1. The van der Waals surface area contributed by atoms with Crippen molar-refractivity contribution in [2.45, 2.75) is 12.5 Å². The molecule has 0 saturated heterocycles. The second kappa shape index (κ2) is 5.88. The lowest BCUT2D eigenvalue weighted by atomic mass is 10.3. The monoisotopic (exact) mass is 159 g/mol. The van der Waals surface area contributed by atoms with Crippen LogP contribution in [0.5, 0.6) is 0 Å². The van der Waals surface area contributed by atoms with E-state index in [0.29, 0.717) is 13.0 Å². The van der Waals surface area contributed by atoms with Crippen molar-refractivity contribution in [2.24, 2.45) is 5.73 Å². The Bertz CT molecular complexity index is 136. The highest BCUT2D eigenvalue weighted by Gasteiger charge is 2.09. The summed E-state index contributed by atoms with van der Waals surface area (Å²) >= 11 is 0. The SMILES string of the molecule is C=CCCOC[C@H](N)C(=O)O. The zero-order valence-electron chi connectivity index (χ0n) is 6.32. The van der Waals surface area contributed by atoms with E-state index in [-0.39, 0.29) is 6.61 Å². The lowest BCUT2D eigenvalue weighted by Gasteiger charge is -2.05. The van der Waals surface area contributed by atoms with Gasteiger partial charge in [0, 0.05) is 0 Å². The molecule has 0 saturated carbocycles. The molecule has 0 aromatic heterocycles. The summed E-state index contributed by atoms with van der Waals surface area (Å²) in [5.74, 6) is -1.04. The van der Waals surface area contributed by atoms with Crippen LogP contribution in [0.2, 0.25) is 0 Å². The molecule has 64 valence electrons. The van der Waals surface area contributed by atoms with Crippen molar-refractivity contribution < 1.29 is 14.6 Å². The Kier molecular flexibility index (Phi) is 5.42. The molecule has 0 unspecified atom stereocenters. The van der Waals surface area contributed by atoms with E-state index in [1.54, 1.807) is 6.08 Å². The fraction of sp³-hybridized carbons (Fsp3) is 0.571. The Morgan fingerprint density at radius 1 is 1.82 bits per heavy atom. The van der Waals surface area contributed by atoms with Crippen molar-refractivity contribution in [3.05, 3.63) is 12.7 Å². The molecule has 0 radical (unpaired) electrons. The normalized spacial score (nSPS) is 12.5. The molecule has 0 spiro atoms. The molecular formula is C7H13NO3. The van der Waals surface area contributed by atoms with E-state index < -0.39 is 12.0 Å². The van der Waals surface area contributed by atoms with Gasteiger partial charge in [-0.25, -0.2) is 0 Å². The van der Waals surface area contributed by atoms with E-state index in [1.165, 1.54) is 0 Å². The largest absolute Gasteiger partial charge is 0.480 e. The summed E-state index contributed by atoms with van der Waals surface area (Å²) in [6, 6.07) is -0.917. The van der Waals surface area contributed by atoms with Crippen LogP contribution in [-0.2, 0) is 9.53 Å². The smallest absolute Gasteiger partial charge is 0.322 e. The predicted molar refractivity (Wildman–Crippen MR) is 41.2 cm³/mol. The van der Waals surface area contributed by atoms with E-state index in [1.807, 2.05) is 0 Å². The molecule has 0 heterocycles. The van der Waals surface area contributed by atoms with Crippen LogP contribution in [-0.4, -0.2) is 30.3 Å². The summed E-state index contributed by atoms with van der Waals surface area (Å²) in [5, 5.41) is 8.31. The van der Waals surface area contributed by atoms with Gasteiger partial charge in [0.05, 0.1) is 13.2 Å². The Morgan fingerprint density at radius 3 is 2.91 bits per heavy atom. The molecule has 1 atom stereocenters. The third-order valence-electron chi connectivity index (χ3n) is 1.08. The maximum atomic E-state index is 10.1. The Hall–Kier alpha value is -0.870. The molecule has 4 heteroatoms. The van der Waals surface area contributed by atoms with Crippen LogP contribution >= 0.6 is 0 Å². The molecule has 0 aliphatic heterocycles. The van der Waals surface area contributed by atoms with Gasteiger partial charge in [-0.3, -0.25) is 4.79 Å². The number of hydrogen-bond acceptors (Lipinski definition) is 3. The summed E-state index contributed by atoms with van der Waals surface area (Å²) in [7, 11) is 0. The molecule has 4 nitrogen and oxygen atoms in total. The number of ether oxygens (including phenoxy) is 1. The second-order valence-corrected chi connectivity index (χ2v) is 2.10. The van der Waals surface area contributed by atoms with E-state index in [9.17, 15) is 4.79 Å². The van der Waals surface area contributed by atoms with Crippen LogP contribution in [0.15, 0.2) is 12.7 Å². The van der Waals surface area contributed by atoms with Crippen LogP contribution in [0.4, 0.5) is 0 Å². The van der Waals surface area contributed by atoms with Crippen molar-refractivity contribution in [1.82, 2.24) is 0 Å². The number of carboxylic acids is 1. The maximum absolute atomic E-state index is 10.1. The van der Waals surface area contributed by atoms with Gasteiger partial charge in [-0.1, -0.05) is 6.08 Å². The van der Waals surface area contributed by atoms with Crippen molar-refractivity contribution in [3.8, 4) is 0 Å². The van der Waals surface area contributed by atoms with Gasteiger partial charge >= 0.3 is 5.97 Å². The Labute approximate surface area is 65.6 Å². The summed E-state index contributed by atoms with van der Waals surface area (Å²) in [4.78, 5) is 10.1. The van der Waals surface area contributed by atoms with E-state index in [4.69, 9.17) is 15.6 Å². The van der Waals surface area contributed by atoms with Crippen molar-refractivity contribution in [3.63, 3.8) is 0 Å². The van der Waals surface area contributed by atoms with Gasteiger partial charge < -0.3 is 15.6 Å². The number of hydrogen-bond donors (Lipinski definition) is 2. The fourth-order valence-electron chi connectivity index (χ4n) is 0.448. The molecule has 0 aliphatic rings. The molecule has 11 heavy (non-hydrogen) atoms. The summed E-state index contributed by atoms with van der Waals surface area (Å²) in [5.41, 5.74) is 5.15. The first kappa shape index (κ1) is 10.1. The van der Waals surface area contributed by atoms with Crippen molar-refractivity contribution >= 4 is 5.97 Å². The molecule has 0 rings (SSSR count). The molecule has 0 aromatic carbocycles. The molecule has 0 amide bonds. The van der Waals surface area contributed by atoms with Crippen LogP contribution in [0, 0.1) is 0 Å². The average Bonchev–Trinajstić information content (AvgIpc) is 1.97. The molecule has 0 bridgehead atoms. The van der Waals surface area contributed by atoms with Crippen molar-refractivity contribution in [2.75, 3.05) is 13.2 Å². The maximum Gasteiger partial charge on any atom is 0.322 e. The first-order valence-electron chi connectivity index (χ1n) is 3.35. The molecule has 0 fully saturated rings. The minimum Gasteiger partial charge on any atom is -0.480 e. The minimum atomic E-state index is -1.04. The summed E-state index contributed by atoms with van der Waals surface area (Å²) < 4.78 is 4.92. The first-order valence-corrected chi connectivity index (χ1v) is 3.35. The summed E-state index contributed by atoms with van der Waals surface area (Å²) in [6.45, 7) is 4.02. The first-order chi connectivity index (χ1) is 5.18. The molecular weight excluding hydrogens is 146 g/mol. The molecule has 3 N–H and O–H groups in total. The van der Waals surface area contributed by atoms with Gasteiger partial charge in [0.15, 0.2) is 0 Å². The predicted octanol–water partition coefficient (Wildman–Crippen LogP) is -0.00900. The topological polar surface area (TPSA) is 72.5 Å². The number of nitrogens with two attached hydrogens (primary N) is 1. The average molecular weight is 159 g/mol. The highest BCUT2D eigenvalue weighted by Crippen LogP contribution is 1.85. The Balaban J connectivity index is 3.24. The van der Waals surface area contributed by atoms with Crippen LogP contribution in [0.3, 0.4) is 0 Å². The van der Waals surface area contributed by atoms with E-state index >= 15 is 0 Å². The lowest BCUT2D eigenvalue weighted by molar-refractivity contribution is -0.139. The van der Waals surface area contributed by atoms with Gasteiger partial charge in [0.25, 0.3) is 0 Å². The van der Waals surface area contributed by atoms with Crippen LogP contribution in [0.25, 0.3) is 0 Å². The molecule has 0 aliphatic carbocycles. The fourth-order valence-corrected chi connectivity index (χ4v) is 0.448. The van der Waals surface area contributed by atoms with Gasteiger partial charge in [0.2, 0.25) is 0 Å². The Morgan fingerprint density at radius 2 is 2.45 bits per heavy atom. The second-order valence-electron chi connectivity index (χ2n) is 2.10. The van der Waals surface area contributed by atoms with E-state index in [0.717, 1.165) is 0 Å². The standard InChI is InChI=1S/C7H13NO3/c1-2-3-4-11-5-6(8)7(9)10/h2,6H,1,3-5,8H2,(H,9,10)/t6-/m0/s1. The van der Waals surface area contributed by atoms with Gasteiger partial charge in [-0.05, 0) is 6.42 Å². The minimum absolute atomic E-state index is 0.0587. The lowest BCUT2D eigenvalue weighted by Crippen LogP contribution is -2.34. The third kappa shape index (κ3) is 5.57. The summed E-state index contributed by atoms with van der Waals surface area (Å²) in [6.07, 6.45) is 2.42. The van der Waals surface area contributed by atoms with Crippen molar-refractivity contribution in [1.29, 1.82) is 0 Å².